The van der Waals surface area contributed by atoms with Crippen molar-refractivity contribution in [2.24, 2.45) is 5.14 Å². The van der Waals surface area contributed by atoms with E-state index in [4.69, 9.17) is 16.7 Å². The molecule has 26 heavy (non-hydrogen) atoms. The molecule has 3 N–H and O–H groups in total. The smallest absolute Gasteiger partial charge is 0.265 e. The van der Waals surface area contributed by atoms with E-state index in [1.165, 1.54) is 23.8 Å². The molecule has 1 aliphatic heterocycles. The van der Waals surface area contributed by atoms with Crippen LogP contribution in [-0.2, 0) is 10.0 Å². The molecule has 0 saturated carbocycles. The van der Waals surface area contributed by atoms with Gasteiger partial charge in [-0.25, -0.2) is 18.6 Å². The van der Waals surface area contributed by atoms with Crippen LogP contribution in [0.4, 0.5) is 0 Å². The van der Waals surface area contributed by atoms with Crippen molar-refractivity contribution in [1.82, 2.24) is 10.4 Å². The van der Waals surface area contributed by atoms with Gasteiger partial charge in [-0.1, -0.05) is 41.9 Å². The Labute approximate surface area is 158 Å². The van der Waals surface area contributed by atoms with Gasteiger partial charge >= 0.3 is 0 Å². The zero-order valence-electron chi connectivity index (χ0n) is 14.2. The summed E-state index contributed by atoms with van der Waals surface area (Å²) in [5.41, 5.74) is 4.28. The monoisotopic (exact) mass is 393 g/mol. The van der Waals surface area contributed by atoms with E-state index in [9.17, 15) is 13.2 Å². The summed E-state index contributed by atoms with van der Waals surface area (Å²) in [7, 11) is -4.00. The van der Waals surface area contributed by atoms with Crippen molar-refractivity contribution in [2.45, 2.75) is 30.2 Å². The number of carbonyl (C=O) groups is 1. The van der Waals surface area contributed by atoms with E-state index < -0.39 is 15.9 Å². The normalized spacial score (nSPS) is 20.9. The van der Waals surface area contributed by atoms with Crippen molar-refractivity contribution in [3.63, 3.8) is 0 Å². The molecular weight excluding hydrogens is 374 g/mol. The summed E-state index contributed by atoms with van der Waals surface area (Å²) in [5.74, 6) is -0.0752. The number of amides is 1. The lowest BCUT2D eigenvalue weighted by Crippen LogP contribution is -2.45. The Balaban J connectivity index is 1.75. The second-order valence-electron chi connectivity index (χ2n) is 6.37. The molecule has 0 aliphatic carbocycles. The maximum absolute atomic E-state index is 12.5. The van der Waals surface area contributed by atoms with Gasteiger partial charge < -0.3 is 0 Å². The van der Waals surface area contributed by atoms with E-state index in [0.717, 1.165) is 6.42 Å². The van der Waals surface area contributed by atoms with Crippen molar-refractivity contribution in [3.05, 3.63) is 64.7 Å². The van der Waals surface area contributed by atoms with Gasteiger partial charge in [0.2, 0.25) is 10.0 Å². The molecule has 0 radical (unpaired) electrons. The standard InChI is InChI=1S/C18H20ClN3O3S/c1-12-15(13-5-3-2-4-6-13)9-10-22(12)21-18(23)14-7-8-16(19)17(11-14)26(20,24)25/h2-8,11-12,15H,9-10H2,1H3,(H,21,23)(H2,20,24,25). The number of halogens is 1. The largest absolute Gasteiger partial charge is 0.285 e. The van der Waals surface area contributed by atoms with Crippen molar-refractivity contribution in [3.8, 4) is 0 Å². The second-order valence-corrected chi connectivity index (χ2v) is 8.31. The third-order valence-electron chi connectivity index (χ3n) is 4.73. The molecule has 6 nitrogen and oxygen atoms in total. The summed E-state index contributed by atoms with van der Waals surface area (Å²) < 4.78 is 23.2. The number of hydrazine groups is 1. The Morgan fingerprint density at radius 3 is 2.58 bits per heavy atom. The van der Waals surface area contributed by atoms with E-state index in [-0.39, 0.29) is 21.5 Å². The zero-order chi connectivity index (χ0) is 18.9. The highest BCUT2D eigenvalue weighted by Gasteiger charge is 2.33. The molecule has 1 heterocycles. The first kappa shape index (κ1) is 18.8. The van der Waals surface area contributed by atoms with Crippen LogP contribution < -0.4 is 10.6 Å². The molecule has 1 fully saturated rings. The highest BCUT2D eigenvalue weighted by Crippen LogP contribution is 2.32. The minimum Gasteiger partial charge on any atom is -0.285 e. The van der Waals surface area contributed by atoms with E-state index in [0.29, 0.717) is 12.5 Å². The molecule has 0 bridgehead atoms. The fourth-order valence-corrected chi connectivity index (χ4v) is 4.37. The molecule has 0 spiro atoms. The molecule has 3 rings (SSSR count). The second kappa shape index (κ2) is 7.36. The first-order valence-corrected chi connectivity index (χ1v) is 10.1. The number of hydrogen-bond acceptors (Lipinski definition) is 4. The van der Waals surface area contributed by atoms with Crippen LogP contribution in [0.25, 0.3) is 0 Å². The minimum absolute atomic E-state index is 0.0114. The molecule has 2 aromatic rings. The van der Waals surface area contributed by atoms with Gasteiger partial charge in [0.25, 0.3) is 5.91 Å². The van der Waals surface area contributed by atoms with Gasteiger partial charge in [0.1, 0.15) is 4.90 Å². The lowest BCUT2D eigenvalue weighted by atomic mass is 9.93. The Morgan fingerprint density at radius 1 is 1.23 bits per heavy atom. The molecule has 1 amide bonds. The maximum Gasteiger partial charge on any atom is 0.265 e. The van der Waals surface area contributed by atoms with Crippen LogP contribution in [0, 0.1) is 0 Å². The Kier molecular flexibility index (Phi) is 5.34. The van der Waals surface area contributed by atoms with Gasteiger partial charge in [-0.3, -0.25) is 10.2 Å². The summed E-state index contributed by atoms with van der Waals surface area (Å²) in [4.78, 5) is 12.3. The number of carbonyl (C=O) groups excluding carboxylic acids is 1. The third kappa shape index (κ3) is 3.91. The summed E-state index contributed by atoms with van der Waals surface area (Å²) >= 11 is 5.86. The van der Waals surface area contributed by atoms with Crippen LogP contribution in [-0.4, -0.2) is 31.9 Å². The van der Waals surface area contributed by atoms with Crippen molar-refractivity contribution in [2.75, 3.05) is 6.54 Å². The average molecular weight is 394 g/mol. The van der Waals surface area contributed by atoms with Gasteiger partial charge in [-0.2, -0.15) is 0 Å². The van der Waals surface area contributed by atoms with E-state index in [2.05, 4.69) is 24.5 Å². The molecule has 1 aliphatic rings. The number of hydrogen-bond donors (Lipinski definition) is 2. The Bertz CT molecular complexity index is 919. The molecule has 0 aromatic heterocycles. The molecule has 8 heteroatoms. The SMILES string of the molecule is CC1C(c2ccccc2)CCN1NC(=O)c1ccc(Cl)c(S(N)(=O)=O)c1. The van der Waals surface area contributed by atoms with Crippen LogP contribution in [0.1, 0.15) is 35.2 Å². The predicted molar refractivity (Wildman–Crippen MR) is 100 cm³/mol. The lowest BCUT2D eigenvalue weighted by molar-refractivity contribution is 0.0770. The van der Waals surface area contributed by atoms with E-state index in [1.54, 1.807) is 0 Å². The van der Waals surface area contributed by atoms with Crippen molar-refractivity contribution in [1.29, 1.82) is 0 Å². The average Bonchev–Trinajstić information content (AvgIpc) is 2.95. The van der Waals surface area contributed by atoms with Gasteiger partial charge in [0.05, 0.1) is 5.02 Å². The predicted octanol–water partition coefficient (Wildman–Crippen LogP) is 2.51. The molecular formula is C18H20ClN3O3S. The highest BCUT2D eigenvalue weighted by atomic mass is 35.5. The van der Waals surface area contributed by atoms with Gasteiger partial charge in [0.15, 0.2) is 0 Å². The molecule has 138 valence electrons. The van der Waals surface area contributed by atoms with Crippen molar-refractivity contribution >= 4 is 27.5 Å². The van der Waals surface area contributed by atoms with Crippen LogP contribution in [0.3, 0.4) is 0 Å². The first-order chi connectivity index (χ1) is 12.3. The van der Waals surface area contributed by atoms with Crippen LogP contribution >= 0.6 is 11.6 Å². The molecule has 2 atom stereocenters. The third-order valence-corrected chi connectivity index (χ3v) is 6.12. The summed E-state index contributed by atoms with van der Waals surface area (Å²) in [6, 6.07) is 14.3. The fourth-order valence-electron chi connectivity index (χ4n) is 3.30. The number of nitrogens with one attached hydrogen (secondary N) is 1. The summed E-state index contributed by atoms with van der Waals surface area (Å²) in [6.07, 6.45) is 0.925. The fraction of sp³-hybridized carbons (Fsp3) is 0.278. The number of sulfonamides is 1. The van der Waals surface area contributed by atoms with E-state index in [1.807, 2.05) is 23.2 Å². The Morgan fingerprint density at radius 2 is 1.92 bits per heavy atom. The van der Waals surface area contributed by atoms with E-state index >= 15 is 0 Å². The molecule has 2 unspecified atom stereocenters. The van der Waals surface area contributed by atoms with Crippen molar-refractivity contribution < 1.29 is 13.2 Å². The van der Waals surface area contributed by atoms with Crippen LogP contribution in [0.15, 0.2) is 53.4 Å². The number of primary sulfonamides is 1. The highest BCUT2D eigenvalue weighted by molar-refractivity contribution is 7.89. The lowest BCUT2D eigenvalue weighted by Gasteiger charge is -2.25. The maximum atomic E-state index is 12.5. The van der Waals surface area contributed by atoms with Crippen LogP contribution in [0.2, 0.25) is 5.02 Å². The van der Waals surface area contributed by atoms with Crippen LogP contribution in [0.5, 0.6) is 0 Å². The van der Waals surface area contributed by atoms with Gasteiger partial charge in [-0.15, -0.1) is 0 Å². The Hall–Kier alpha value is -1.93. The number of nitrogens with zero attached hydrogens (tertiary/aromatic N) is 1. The molecule has 2 aromatic carbocycles. The summed E-state index contributed by atoms with van der Waals surface area (Å²) in [6.45, 7) is 2.77. The van der Waals surface area contributed by atoms with Gasteiger partial charge in [-0.05, 0) is 37.1 Å². The van der Waals surface area contributed by atoms with Gasteiger partial charge in [0, 0.05) is 24.1 Å². The number of benzene rings is 2. The zero-order valence-corrected chi connectivity index (χ0v) is 15.8. The molecule has 1 saturated heterocycles. The topological polar surface area (TPSA) is 92.5 Å². The first-order valence-electron chi connectivity index (χ1n) is 8.22. The number of nitrogens with two attached hydrogens (primary N) is 1. The summed E-state index contributed by atoms with van der Waals surface area (Å²) in [5, 5.41) is 7.01. The number of rotatable bonds is 4. The quantitative estimate of drug-likeness (QED) is 0.834. The minimum atomic E-state index is -4.00.